The highest BCUT2D eigenvalue weighted by Crippen LogP contribution is 2.39. The van der Waals surface area contributed by atoms with Crippen LogP contribution in [0.1, 0.15) is 17.4 Å². The van der Waals surface area contributed by atoms with Crippen molar-refractivity contribution in [3.8, 4) is 0 Å². The van der Waals surface area contributed by atoms with E-state index >= 15 is 0 Å². The van der Waals surface area contributed by atoms with E-state index in [2.05, 4.69) is 15.3 Å². The summed E-state index contributed by atoms with van der Waals surface area (Å²) in [5.41, 5.74) is 5.40. The molecule has 4 N–H and O–H groups in total. The molecule has 13 heteroatoms. The number of furan rings is 1. The molecule has 1 fully saturated rings. The van der Waals surface area contributed by atoms with E-state index in [1.807, 2.05) is 10.2 Å². The third-order valence-electron chi connectivity index (χ3n) is 4.95. The summed E-state index contributed by atoms with van der Waals surface area (Å²) < 4.78 is 60.5. The second-order valence-corrected chi connectivity index (χ2v) is 7.80. The highest BCUT2D eigenvalue weighted by atomic mass is 35.5. The van der Waals surface area contributed by atoms with Gasteiger partial charge in [-0.25, -0.2) is 19.2 Å². The van der Waals surface area contributed by atoms with Crippen molar-refractivity contribution in [1.29, 1.82) is 0 Å². The molecule has 170 valence electrons. The summed E-state index contributed by atoms with van der Waals surface area (Å²) in [7, 11) is 0. The van der Waals surface area contributed by atoms with Crippen LogP contribution in [0, 0.1) is 12.7 Å². The predicted octanol–water partition coefficient (Wildman–Crippen LogP) is 3.90. The number of anilines is 2. The molecule has 1 aromatic carbocycles. The lowest BCUT2D eigenvalue weighted by atomic mass is 10.1. The molecule has 0 spiro atoms. The second kappa shape index (κ2) is 8.10. The molecule has 0 aliphatic carbocycles. The van der Waals surface area contributed by atoms with Gasteiger partial charge in [0, 0.05) is 35.1 Å². The highest BCUT2D eigenvalue weighted by Gasteiger charge is 2.45. The van der Waals surface area contributed by atoms with Crippen LogP contribution in [0.25, 0.3) is 11.0 Å². The molecule has 3 heterocycles. The number of nitrogens with one attached hydrogen (secondary N) is 2. The van der Waals surface area contributed by atoms with Crippen molar-refractivity contribution in [1.82, 2.24) is 15.3 Å². The van der Waals surface area contributed by atoms with Gasteiger partial charge in [0.2, 0.25) is 5.95 Å². The van der Waals surface area contributed by atoms with Gasteiger partial charge >= 0.3 is 12.2 Å². The number of alkyl halides is 3. The fourth-order valence-corrected chi connectivity index (χ4v) is 3.56. The molecule has 4 rings (SSSR count). The Hall–Kier alpha value is -3.12. The van der Waals surface area contributed by atoms with Gasteiger partial charge in [-0.15, -0.1) is 0 Å². The minimum atomic E-state index is -4.92. The molecular formula is C19H17ClF4N6O2. The summed E-state index contributed by atoms with van der Waals surface area (Å²) in [5, 5.41) is 4.14. The van der Waals surface area contributed by atoms with Gasteiger partial charge in [0.25, 0.3) is 0 Å². The molecule has 3 aromatic rings. The van der Waals surface area contributed by atoms with Gasteiger partial charge in [0.15, 0.2) is 17.4 Å². The number of hydrogen-bond acceptors (Lipinski definition) is 6. The number of rotatable bonds is 4. The van der Waals surface area contributed by atoms with E-state index < -0.39 is 29.8 Å². The minimum Gasteiger partial charge on any atom is -0.455 e. The van der Waals surface area contributed by atoms with Crippen molar-refractivity contribution in [3.63, 3.8) is 0 Å². The first-order valence-corrected chi connectivity index (χ1v) is 9.75. The predicted molar refractivity (Wildman–Crippen MR) is 109 cm³/mol. The Labute approximate surface area is 183 Å². The van der Waals surface area contributed by atoms with Crippen molar-refractivity contribution in [2.75, 3.05) is 23.3 Å². The van der Waals surface area contributed by atoms with Gasteiger partial charge < -0.3 is 25.7 Å². The zero-order valence-corrected chi connectivity index (χ0v) is 17.3. The molecule has 1 saturated heterocycles. The standard InChI is InChI=1S/C19H17ClF4N6O2/c1-8-12-2-9(20)3-13(21)15(12)32-14(8)16(19(22,23)24)29-18(31)28-11-4-26-17(27-5-11)30-6-10(25)7-30/h2-5,10,16H,6-7,25H2,1H3,(H2,28,29,31)/t16-/m0/s1. The number of aromatic nitrogens is 2. The summed E-state index contributed by atoms with van der Waals surface area (Å²) in [6, 6.07) is -1.45. The molecule has 2 aromatic heterocycles. The molecule has 1 aliphatic rings. The lowest BCUT2D eigenvalue weighted by Crippen LogP contribution is -2.56. The monoisotopic (exact) mass is 472 g/mol. The number of carbonyl (C=O) groups is 1. The van der Waals surface area contributed by atoms with Gasteiger partial charge in [-0.1, -0.05) is 11.6 Å². The van der Waals surface area contributed by atoms with Crippen molar-refractivity contribution in [2.24, 2.45) is 5.73 Å². The van der Waals surface area contributed by atoms with Gasteiger partial charge in [0.1, 0.15) is 5.76 Å². The molecule has 1 atom stereocenters. The van der Waals surface area contributed by atoms with E-state index in [1.165, 1.54) is 25.4 Å². The Morgan fingerprint density at radius 2 is 1.97 bits per heavy atom. The minimum absolute atomic E-state index is 0.00312. The van der Waals surface area contributed by atoms with E-state index in [4.69, 9.17) is 21.8 Å². The van der Waals surface area contributed by atoms with Gasteiger partial charge in [-0.05, 0) is 19.1 Å². The van der Waals surface area contributed by atoms with Crippen LogP contribution in [0.15, 0.2) is 28.9 Å². The van der Waals surface area contributed by atoms with Crippen LogP contribution in [-0.2, 0) is 0 Å². The van der Waals surface area contributed by atoms with Crippen LogP contribution in [-0.4, -0.2) is 41.3 Å². The second-order valence-electron chi connectivity index (χ2n) is 7.37. The highest BCUT2D eigenvalue weighted by molar-refractivity contribution is 6.31. The van der Waals surface area contributed by atoms with E-state index in [-0.39, 0.29) is 33.3 Å². The summed E-state index contributed by atoms with van der Waals surface area (Å²) in [4.78, 5) is 22.2. The van der Waals surface area contributed by atoms with Crippen LogP contribution in [0.2, 0.25) is 5.02 Å². The fraction of sp³-hybridized carbons (Fsp3) is 0.316. The first-order valence-electron chi connectivity index (χ1n) is 9.37. The van der Waals surface area contributed by atoms with Crippen molar-refractivity contribution in [3.05, 3.63) is 46.7 Å². The lowest BCUT2D eigenvalue weighted by molar-refractivity contribution is -0.158. The number of carbonyl (C=O) groups excluding carboxylic acids is 1. The third-order valence-corrected chi connectivity index (χ3v) is 5.17. The number of halogens is 5. The molecular weight excluding hydrogens is 456 g/mol. The van der Waals surface area contributed by atoms with Gasteiger partial charge in [-0.2, -0.15) is 13.2 Å². The first-order chi connectivity index (χ1) is 15.0. The molecule has 2 amide bonds. The molecule has 1 aliphatic heterocycles. The Balaban J connectivity index is 1.53. The van der Waals surface area contributed by atoms with Crippen LogP contribution in [0.3, 0.4) is 0 Å². The normalized spacial score (nSPS) is 15.5. The van der Waals surface area contributed by atoms with E-state index in [0.717, 1.165) is 6.07 Å². The van der Waals surface area contributed by atoms with Gasteiger partial charge in [0.05, 0.1) is 18.1 Å². The maximum absolute atomic E-state index is 14.1. The Kier molecular flexibility index (Phi) is 5.59. The van der Waals surface area contributed by atoms with Crippen molar-refractivity contribution < 1.29 is 26.8 Å². The number of aryl methyl sites for hydroxylation is 1. The lowest BCUT2D eigenvalue weighted by Gasteiger charge is -2.36. The molecule has 0 radical (unpaired) electrons. The van der Waals surface area contributed by atoms with E-state index in [9.17, 15) is 22.4 Å². The number of hydrogen-bond donors (Lipinski definition) is 3. The topological polar surface area (TPSA) is 109 Å². The number of nitrogens with two attached hydrogens (primary N) is 1. The summed E-state index contributed by atoms with van der Waals surface area (Å²) in [5.74, 6) is -1.17. The zero-order chi connectivity index (χ0) is 23.2. The maximum Gasteiger partial charge on any atom is 0.416 e. The molecule has 8 nitrogen and oxygen atoms in total. The molecule has 32 heavy (non-hydrogen) atoms. The van der Waals surface area contributed by atoms with Crippen LogP contribution in [0.4, 0.5) is 34.0 Å². The smallest absolute Gasteiger partial charge is 0.416 e. The number of nitrogens with zero attached hydrogens (tertiary/aromatic N) is 3. The summed E-state index contributed by atoms with van der Waals surface area (Å²) >= 11 is 5.80. The van der Waals surface area contributed by atoms with Crippen molar-refractivity contribution in [2.45, 2.75) is 25.2 Å². The number of amides is 2. The number of urea groups is 1. The molecule has 0 saturated carbocycles. The van der Waals surface area contributed by atoms with Crippen LogP contribution in [0.5, 0.6) is 0 Å². The van der Waals surface area contributed by atoms with E-state index in [1.54, 1.807) is 0 Å². The molecule has 0 bridgehead atoms. The van der Waals surface area contributed by atoms with Crippen LogP contribution < -0.4 is 21.3 Å². The average Bonchev–Trinajstić information content (AvgIpc) is 3.00. The Bertz CT molecular complexity index is 1160. The first kappa shape index (κ1) is 22.1. The summed E-state index contributed by atoms with van der Waals surface area (Å²) in [6.45, 7) is 2.50. The van der Waals surface area contributed by atoms with Gasteiger partial charge in [-0.3, -0.25) is 0 Å². The average molecular weight is 473 g/mol. The Morgan fingerprint density at radius 1 is 1.31 bits per heavy atom. The van der Waals surface area contributed by atoms with Crippen LogP contribution >= 0.6 is 11.6 Å². The summed E-state index contributed by atoms with van der Waals surface area (Å²) in [6.07, 6.45) is -2.40. The zero-order valence-electron chi connectivity index (χ0n) is 16.5. The quantitative estimate of drug-likeness (QED) is 0.497. The molecule has 0 unspecified atom stereocenters. The Morgan fingerprint density at radius 3 is 2.56 bits per heavy atom. The van der Waals surface area contributed by atoms with E-state index in [0.29, 0.717) is 19.0 Å². The maximum atomic E-state index is 14.1. The number of fused-ring (bicyclic) bond motifs is 1. The SMILES string of the molecule is Cc1c([C@H](NC(=O)Nc2cnc(N3CC(N)C3)nc2)C(F)(F)F)oc2c(F)cc(Cl)cc12. The van der Waals surface area contributed by atoms with Crippen molar-refractivity contribution >= 4 is 40.2 Å². The fourth-order valence-electron chi connectivity index (χ4n) is 3.36. The third kappa shape index (κ3) is 4.28. The largest absolute Gasteiger partial charge is 0.455 e. The number of benzene rings is 1.